The molecule has 0 spiro atoms. The second-order valence-electron chi connectivity index (χ2n) is 3.16. The molecule has 0 fully saturated rings. The highest BCUT2D eigenvalue weighted by molar-refractivity contribution is 6.33. The number of amides is 2. The van der Waals surface area contributed by atoms with Gasteiger partial charge in [-0.05, 0) is 12.1 Å². The molecule has 86 valence electrons. The summed E-state index contributed by atoms with van der Waals surface area (Å²) in [4.78, 5) is 16.7. The highest BCUT2D eigenvalue weighted by Crippen LogP contribution is 2.16. The summed E-state index contributed by atoms with van der Waals surface area (Å²) in [5, 5.41) is 12.5. The largest absolute Gasteiger partial charge is 0.349 e. The number of guanidine groups is 1. The molecule has 0 aliphatic heterocycles. The first kappa shape index (κ1) is 12.3. The molecule has 1 aromatic rings. The topological polar surface area (TPSA) is 81.1 Å². The van der Waals surface area contributed by atoms with E-state index in [2.05, 4.69) is 15.6 Å². The van der Waals surface area contributed by atoms with Crippen LogP contribution in [0.1, 0.15) is 0 Å². The van der Waals surface area contributed by atoms with Gasteiger partial charge in [0.05, 0.1) is 5.02 Å². The third kappa shape index (κ3) is 3.39. The van der Waals surface area contributed by atoms with Crippen molar-refractivity contribution in [2.45, 2.75) is 0 Å². The molecule has 0 aliphatic rings. The van der Waals surface area contributed by atoms with Gasteiger partial charge in [0.25, 0.3) is 0 Å². The van der Waals surface area contributed by atoms with Crippen LogP contribution in [0.5, 0.6) is 0 Å². The summed E-state index contributed by atoms with van der Waals surface area (Å²) in [6.07, 6.45) is 1.51. The Morgan fingerprint density at radius 3 is 2.81 bits per heavy atom. The van der Waals surface area contributed by atoms with E-state index in [1.165, 1.54) is 11.1 Å². The van der Waals surface area contributed by atoms with Crippen LogP contribution in [0.3, 0.4) is 0 Å². The van der Waals surface area contributed by atoms with Gasteiger partial charge in [-0.3, -0.25) is 16.0 Å². The Bertz CT molecular complexity index is 407. The average molecular weight is 242 g/mol. The molecule has 7 heteroatoms. The van der Waals surface area contributed by atoms with Gasteiger partial charge in [0.15, 0.2) is 11.8 Å². The first-order chi connectivity index (χ1) is 7.50. The molecule has 16 heavy (non-hydrogen) atoms. The number of aromatic nitrogens is 1. The second kappa shape index (κ2) is 5.32. The summed E-state index contributed by atoms with van der Waals surface area (Å²) >= 11 is 5.80. The van der Waals surface area contributed by atoms with Gasteiger partial charge in [-0.2, -0.15) is 0 Å². The molecule has 2 amide bonds. The van der Waals surface area contributed by atoms with Gasteiger partial charge in [0, 0.05) is 20.3 Å². The number of hydrogen-bond acceptors (Lipinski definition) is 3. The molecule has 1 aromatic heterocycles. The SMILES string of the molecule is CN(C)C(=N)NC(=O)Nc1ncccc1Cl. The minimum atomic E-state index is -0.556. The zero-order valence-corrected chi connectivity index (χ0v) is 9.67. The van der Waals surface area contributed by atoms with Gasteiger partial charge in [0.1, 0.15) is 0 Å². The number of halogens is 1. The van der Waals surface area contributed by atoms with Gasteiger partial charge < -0.3 is 4.90 Å². The van der Waals surface area contributed by atoms with E-state index in [0.29, 0.717) is 5.02 Å². The van der Waals surface area contributed by atoms with Gasteiger partial charge in [-0.1, -0.05) is 11.6 Å². The second-order valence-corrected chi connectivity index (χ2v) is 3.56. The predicted molar refractivity (Wildman–Crippen MR) is 62.8 cm³/mol. The first-order valence-electron chi connectivity index (χ1n) is 4.45. The maximum absolute atomic E-state index is 11.4. The van der Waals surface area contributed by atoms with Crippen molar-refractivity contribution in [3.05, 3.63) is 23.4 Å². The van der Waals surface area contributed by atoms with Crippen LogP contribution in [0.25, 0.3) is 0 Å². The van der Waals surface area contributed by atoms with Crippen LogP contribution in [-0.2, 0) is 0 Å². The summed E-state index contributed by atoms with van der Waals surface area (Å²) in [6, 6.07) is 2.72. The Balaban J connectivity index is 2.59. The molecule has 0 aromatic carbocycles. The summed E-state index contributed by atoms with van der Waals surface area (Å²) in [6.45, 7) is 0. The number of anilines is 1. The number of rotatable bonds is 1. The molecular formula is C9H12ClN5O. The molecule has 0 aliphatic carbocycles. The molecule has 0 unspecified atom stereocenters. The Morgan fingerprint density at radius 1 is 1.56 bits per heavy atom. The lowest BCUT2D eigenvalue weighted by Crippen LogP contribution is -2.41. The maximum atomic E-state index is 11.4. The van der Waals surface area contributed by atoms with Crippen molar-refractivity contribution in [3.8, 4) is 0 Å². The molecule has 0 saturated heterocycles. The van der Waals surface area contributed by atoms with Crippen LogP contribution < -0.4 is 10.6 Å². The van der Waals surface area contributed by atoms with Gasteiger partial charge in [-0.15, -0.1) is 0 Å². The Labute approximate surface area is 98.1 Å². The predicted octanol–water partition coefficient (Wildman–Crippen LogP) is 1.35. The van der Waals surface area contributed by atoms with Crippen molar-refractivity contribution in [1.29, 1.82) is 5.41 Å². The molecule has 6 nitrogen and oxygen atoms in total. The van der Waals surface area contributed by atoms with Gasteiger partial charge in [-0.25, -0.2) is 9.78 Å². The van der Waals surface area contributed by atoms with Crippen LogP contribution in [0.15, 0.2) is 18.3 Å². The van der Waals surface area contributed by atoms with Gasteiger partial charge in [0.2, 0.25) is 0 Å². The van der Waals surface area contributed by atoms with Gasteiger partial charge >= 0.3 is 6.03 Å². The number of carbonyl (C=O) groups is 1. The minimum Gasteiger partial charge on any atom is -0.349 e. The Morgan fingerprint density at radius 2 is 2.25 bits per heavy atom. The van der Waals surface area contributed by atoms with Crippen LogP contribution in [0.2, 0.25) is 5.02 Å². The summed E-state index contributed by atoms with van der Waals surface area (Å²) in [5.41, 5.74) is 0. The number of urea groups is 1. The summed E-state index contributed by atoms with van der Waals surface area (Å²) in [5.74, 6) is 0.234. The third-order valence-corrected chi connectivity index (χ3v) is 1.97. The monoisotopic (exact) mass is 241 g/mol. The average Bonchev–Trinajstić information content (AvgIpc) is 2.21. The molecule has 3 N–H and O–H groups in total. The van der Waals surface area contributed by atoms with E-state index in [4.69, 9.17) is 17.0 Å². The quantitative estimate of drug-likeness (QED) is 0.513. The fraction of sp³-hybridized carbons (Fsp3) is 0.222. The van der Waals surface area contributed by atoms with E-state index >= 15 is 0 Å². The third-order valence-electron chi connectivity index (χ3n) is 1.67. The van der Waals surface area contributed by atoms with Crippen molar-refractivity contribution in [2.75, 3.05) is 19.4 Å². The molecule has 1 rings (SSSR count). The lowest BCUT2D eigenvalue weighted by atomic mass is 10.4. The number of nitrogens with one attached hydrogen (secondary N) is 3. The molecular weight excluding hydrogens is 230 g/mol. The smallest absolute Gasteiger partial charge is 0.327 e. The van der Waals surface area contributed by atoms with Crippen molar-refractivity contribution >= 4 is 29.4 Å². The zero-order valence-electron chi connectivity index (χ0n) is 8.91. The number of hydrogen-bond donors (Lipinski definition) is 3. The molecule has 0 bridgehead atoms. The van der Waals surface area contributed by atoms with Crippen molar-refractivity contribution in [3.63, 3.8) is 0 Å². The van der Waals surface area contributed by atoms with Crippen LogP contribution in [0.4, 0.5) is 10.6 Å². The van der Waals surface area contributed by atoms with E-state index in [1.54, 1.807) is 26.2 Å². The highest BCUT2D eigenvalue weighted by atomic mass is 35.5. The molecule has 0 radical (unpaired) electrons. The first-order valence-corrected chi connectivity index (χ1v) is 4.83. The fourth-order valence-electron chi connectivity index (χ4n) is 0.836. The fourth-order valence-corrected chi connectivity index (χ4v) is 1.00. The van der Waals surface area contributed by atoms with E-state index < -0.39 is 6.03 Å². The lowest BCUT2D eigenvalue weighted by molar-refractivity contribution is 0.255. The zero-order chi connectivity index (χ0) is 12.1. The van der Waals surface area contributed by atoms with Crippen molar-refractivity contribution < 1.29 is 4.79 Å². The number of pyridine rings is 1. The van der Waals surface area contributed by atoms with E-state index in [1.807, 2.05) is 0 Å². The highest BCUT2D eigenvalue weighted by Gasteiger charge is 2.08. The summed E-state index contributed by atoms with van der Waals surface area (Å²) in [7, 11) is 3.30. The molecule has 1 heterocycles. The van der Waals surface area contributed by atoms with E-state index in [-0.39, 0.29) is 11.8 Å². The molecule has 0 atom stereocenters. The van der Waals surface area contributed by atoms with Crippen LogP contribution in [-0.4, -0.2) is 36.0 Å². The molecule has 0 saturated carbocycles. The number of nitrogens with zero attached hydrogens (tertiary/aromatic N) is 2. The number of carbonyl (C=O) groups excluding carboxylic acids is 1. The standard InChI is InChI=1S/C9H12ClN5O/c1-15(2)8(11)14-9(16)13-7-6(10)4-3-5-12-7/h3-5H,1-2H3,(H3,11,12,13,14,16). The van der Waals surface area contributed by atoms with E-state index in [0.717, 1.165) is 0 Å². The minimum absolute atomic E-state index is 0.0236. The van der Waals surface area contributed by atoms with Crippen molar-refractivity contribution in [2.24, 2.45) is 0 Å². The lowest BCUT2D eigenvalue weighted by Gasteiger charge is -2.14. The van der Waals surface area contributed by atoms with Crippen molar-refractivity contribution in [1.82, 2.24) is 15.2 Å². The van der Waals surface area contributed by atoms with E-state index in [9.17, 15) is 4.79 Å². The summed E-state index contributed by atoms with van der Waals surface area (Å²) < 4.78 is 0. The maximum Gasteiger partial charge on any atom is 0.327 e. The normalized spacial score (nSPS) is 9.44. The Hall–Kier alpha value is -1.82. The Kier molecular flexibility index (Phi) is 4.07. The van der Waals surface area contributed by atoms with Crippen LogP contribution >= 0.6 is 11.6 Å². The van der Waals surface area contributed by atoms with Crippen LogP contribution in [0, 0.1) is 5.41 Å².